The maximum atomic E-state index is 10.4. The molecule has 2 fully saturated rings. The first-order chi connectivity index (χ1) is 10.5. The minimum Gasteiger partial charge on any atom is -0.396 e. The lowest BCUT2D eigenvalue weighted by Crippen LogP contribution is -2.35. The van der Waals surface area contributed by atoms with Gasteiger partial charge in [0, 0.05) is 12.5 Å². The molecule has 2 aliphatic rings. The van der Waals surface area contributed by atoms with Gasteiger partial charge in [0.05, 0.1) is 25.1 Å². The summed E-state index contributed by atoms with van der Waals surface area (Å²) in [5.41, 5.74) is 0.694. The van der Waals surface area contributed by atoms with Gasteiger partial charge in [0.2, 0.25) is 0 Å². The third-order valence-corrected chi connectivity index (χ3v) is 5.24. The lowest BCUT2D eigenvalue weighted by Gasteiger charge is -2.23. The van der Waals surface area contributed by atoms with E-state index in [2.05, 4.69) is 20.3 Å². The number of aliphatic hydroxyl groups is 3. The van der Waals surface area contributed by atoms with Crippen molar-refractivity contribution in [1.29, 1.82) is 0 Å². The minimum atomic E-state index is -0.934. The van der Waals surface area contributed by atoms with E-state index >= 15 is 0 Å². The molecular formula is C14H19N5O3. The van der Waals surface area contributed by atoms with Gasteiger partial charge < -0.3 is 25.2 Å². The lowest BCUT2D eigenvalue weighted by molar-refractivity contribution is -0.0300. The molecule has 0 aromatic carbocycles. The number of fused-ring (bicyclic) bond motifs is 2. The molecule has 0 radical (unpaired) electrons. The molecule has 2 aromatic rings. The zero-order chi connectivity index (χ0) is 15.6. The van der Waals surface area contributed by atoms with E-state index in [-0.39, 0.29) is 18.6 Å². The average molecular weight is 305 g/mol. The van der Waals surface area contributed by atoms with E-state index < -0.39 is 17.6 Å². The van der Waals surface area contributed by atoms with Gasteiger partial charge in [-0.05, 0) is 19.3 Å². The van der Waals surface area contributed by atoms with Crippen LogP contribution in [-0.4, -0.2) is 60.7 Å². The van der Waals surface area contributed by atoms with Crippen LogP contribution in [0, 0.1) is 18.3 Å². The number of rotatable bonds is 3. The standard InChI is InChI=1S/C14H19N5O3/c1-6-17-12(15-2)8-13(18-6)19(5-16-8)9-7-3-14(7,4-20)11(22)10(9)21/h5,7,9-11,20-22H,3-4H2,1-2H3,(H,15,17,18)/t7-,9-,10-,11?,14-/m1/s1. The summed E-state index contributed by atoms with van der Waals surface area (Å²) in [6, 6.07) is -0.328. The summed E-state index contributed by atoms with van der Waals surface area (Å²) in [5.74, 6) is 1.28. The van der Waals surface area contributed by atoms with Crippen LogP contribution >= 0.6 is 0 Å². The Labute approximate surface area is 126 Å². The van der Waals surface area contributed by atoms with Crippen molar-refractivity contribution in [2.24, 2.45) is 11.3 Å². The predicted molar refractivity (Wildman–Crippen MR) is 78.3 cm³/mol. The number of hydrogen-bond acceptors (Lipinski definition) is 7. The van der Waals surface area contributed by atoms with E-state index in [0.717, 1.165) is 0 Å². The number of imidazole rings is 1. The highest BCUT2D eigenvalue weighted by Gasteiger charge is 2.71. The Kier molecular flexibility index (Phi) is 2.76. The van der Waals surface area contributed by atoms with Gasteiger partial charge in [-0.15, -0.1) is 0 Å². The molecule has 0 saturated heterocycles. The Hall–Kier alpha value is -1.77. The van der Waals surface area contributed by atoms with Crippen molar-refractivity contribution in [2.75, 3.05) is 19.0 Å². The van der Waals surface area contributed by atoms with Crippen LogP contribution in [-0.2, 0) is 0 Å². The minimum absolute atomic E-state index is 0.0354. The molecule has 0 bridgehead atoms. The van der Waals surface area contributed by atoms with Crippen molar-refractivity contribution in [1.82, 2.24) is 19.5 Å². The highest BCUT2D eigenvalue weighted by atomic mass is 16.3. The van der Waals surface area contributed by atoms with Crippen LogP contribution in [0.25, 0.3) is 11.2 Å². The van der Waals surface area contributed by atoms with Crippen molar-refractivity contribution >= 4 is 17.0 Å². The van der Waals surface area contributed by atoms with Crippen LogP contribution in [0.1, 0.15) is 18.3 Å². The van der Waals surface area contributed by atoms with Crippen molar-refractivity contribution in [3.8, 4) is 0 Å². The summed E-state index contributed by atoms with van der Waals surface area (Å²) in [4.78, 5) is 13.1. The predicted octanol–water partition coefficient (Wildman–Crippen LogP) is -0.548. The fraction of sp³-hybridized carbons (Fsp3) is 0.643. The molecule has 22 heavy (non-hydrogen) atoms. The van der Waals surface area contributed by atoms with Crippen molar-refractivity contribution in [2.45, 2.75) is 31.6 Å². The molecule has 0 amide bonds. The molecule has 1 unspecified atom stereocenters. The normalized spacial score (nSPS) is 36.6. The van der Waals surface area contributed by atoms with Crippen LogP contribution in [0.5, 0.6) is 0 Å². The second kappa shape index (κ2) is 4.37. The Morgan fingerprint density at radius 3 is 2.82 bits per heavy atom. The van der Waals surface area contributed by atoms with Crippen molar-refractivity contribution in [3.63, 3.8) is 0 Å². The lowest BCUT2D eigenvalue weighted by atomic mass is 10.0. The monoisotopic (exact) mass is 305 g/mol. The number of aryl methyl sites for hydroxylation is 1. The first-order valence-corrected chi connectivity index (χ1v) is 7.39. The topological polar surface area (TPSA) is 116 Å². The molecular weight excluding hydrogens is 286 g/mol. The van der Waals surface area contributed by atoms with Crippen LogP contribution in [0.2, 0.25) is 0 Å². The van der Waals surface area contributed by atoms with E-state index in [1.54, 1.807) is 20.3 Å². The quantitative estimate of drug-likeness (QED) is 0.601. The van der Waals surface area contributed by atoms with E-state index in [1.807, 2.05) is 4.57 Å². The molecule has 2 heterocycles. The summed E-state index contributed by atoms with van der Waals surface area (Å²) in [5, 5.41) is 33.3. The number of anilines is 1. The maximum Gasteiger partial charge on any atom is 0.166 e. The largest absolute Gasteiger partial charge is 0.396 e. The summed E-state index contributed by atoms with van der Waals surface area (Å²) in [6.45, 7) is 1.68. The molecule has 8 heteroatoms. The van der Waals surface area contributed by atoms with Crippen LogP contribution in [0.3, 0.4) is 0 Å². The summed E-state index contributed by atoms with van der Waals surface area (Å²) in [6.07, 6.45) is 0.481. The molecule has 118 valence electrons. The Balaban J connectivity index is 1.84. The van der Waals surface area contributed by atoms with E-state index in [4.69, 9.17) is 0 Å². The van der Waals surface area contributed by atoms with Gasteiger partial charge in [-0.25, -0.2) is 15.0 Å². The Morgan fingerprint density at radius 2 is 2.18 bits per heavy atom. The number of hydrogen-bond donors (Lipinski definition) is 4. The summed E-state index contributed by atoms with van der Waals surface area (Å²) >= 11 is 0. The van der Waals surface area contributed by atoms with Gasteiger partial charge in [-0.2, -0.15) is 0 Å². The average Bonchev–Trinajstić information content (AvgIpc) is 3.04. The Bertz CT molecular complexity index is 747. The molecule has 2 aliphatic carbocycles. The molecule has 2 saturated carbocycles. The molecule has 0 aliphatic heterocycles. The third kappa shape index (κ3) is 1.54. The summed E-state index contributed by atoms with van der Waals surface area (Å²) < 4.78 is 1.81. The van der Waals surface area contributed by atoms with Crippen LogP contribution in [0.15, 0.2) is 6.33 Å². The van der Waals surface area contributed by atoms with E-state index in [0.29, 0.717) is 29.2 Å². The Morgan fingerprint density at radius 1 is 1.41 bits per heavy atom. The molecule has 8 nitrogen and oxygen atoms in total. The van der Waals surface area contributed by atoms with Gasteiger partial charge in [0.25, 0.3) is 0 Å². The van der Waals surface area contributed by atoms with Crippen molar-refractivity contribution in [3.05, 3.63) is 12.2 Å². The van der Waals surface area contributed by atoms with Gasteiger partial charge in [-0.1, -0.05) is 0 Å². The number of nitrogens with one attached hydrogen (secondary N) is 1. The van der Waals surface area contributed by atoms with Gasteiger partial charge >= 0.3 is 0 Å². The third-order valence-electron chi connectivity index (χ3n) is 5.24. The second-order valence-corrected chi connectivity index (χ2v) is 6.32. The first-order valence-electron chi connectivity index (χ1n) is 7.39. The zero-order valence-corrected chi connectivity index (χ0v) is 12.4. The fourth-order valence-corrected chi connectivity index (χ4v) is 3.97. The van der Waals surface area contributed by atoms with Crippen LogP contribution < -0.4 is 5.32 Å². The molecule has 5 atom stereocenters. The van der Waals surface area contributed by atoms with Gasteiger partial charge in [-0.3, -0.25) is 0 Å². The molecule has 4 N–H and O–H groups in total. The smallest absolute Gasteiger partial charge is 0.166 e. The molecule has 2 aromatic heterocycles. The number of aromatic nitrogens is 4. The SMILES string of the molecule is CNc1nc(C)nc2c1ncn2[C@@H]1[C@H]2C[C@]2(CO)C(O)[C@@H]1O. The van der Waals surface area contributed by atoms with E-state index in [1.165, 1.54) is 0 Å². The summed E-state index contributed by atoms with van der Waals surface area (Å²) in [7, 11) is 1.77. The maximum absolute atomic E-state index is 10.4. The second-order valence-electron chi connectivity index (χ2n) is 6.32. The van der Waals surface area contributed by atoms with Crippen LogP contribution in [0.4, 0.5) is 5.82 Å². The zero-order valence-electron chi connectivity index (χ0n) is 12.4. The van der Waals surface area contributed by atoms with Gasteiger partial charge in [0.1, 0.15) is 17.4 Å². The molecule has 0 spiro atoms. The number of aliphatic hydroxyl groups excluding tert-OH is 3. The highest BCUT2D eigenvalue weighted by Crippen LogP contribution is 2.67. The van der Waals surface area contributed by atoms with Gasteiger partial charge in [0.15, 0.2) is 11.5 Å². The molecule has 4 rings (SSSR count). The van der Waals surface area contributed by atoms with E-state index in [9.17, 15) is 15.3 Å². The highest BCUT2D eigenvalue weighted by molar-refractivity contribution is 5.83. The first kappa shape index (κ1) is 13.9. The van der Waals surface area contributed by atoms with Crippen molar-refractivity contribution < 1.29 is 15.3 Å². The fourth-order valence-electron chi connectivity index (χ4n) is 3.97. The number of nitrogens with zero attached hydrogens (tertiary/aromatic N) is 4.